The van der Waals surface area contributed by atoms with Gasteiger partial charge >= 0.3 is 23.2 Å². The zero-order valence-electron chi connectivity index (χ0n) is 22.0. The fourth-order valence-electron chi connectivity index (χ4n) is 5.39. The van der Waals surface area contributed by atoms with E-state index in [0.717, 1.165) is 0 Å². The first-order valence-electron chi connectivity index (χ1n) is 12.2. The van der Waals surface area contributed by atoms with Crippen LogP contribution in [0.15, 0.2) is 30.6 Å². The number of rotatable bonds is 4. The Bertz CT molecular complexity index is 2340. The molecule has 0 atom stereocenters. The van der Waals surface area contributed by atoms with Crippen LogP contribution in [0.1, 0.15) is 20.7 Å². The van der Waals surface area contributed by atoms with Gasteiger partial charge in [-0.3, -0.25) is 0 Å². The Morgan fingerprint density at radius 1 is 0.435 bits per heavy atom. The monoisotopic (exact) mass is 638 g/mol. The summed E-state index contributed by atoms with van der Waals surface area (Å²) in [7, 11) is 0. The highest BCUT2D eigenvalue weighted by atomic mass is 16.4. The van der Waals surface area contributed by atoms with E-state index in [2.05, 4.69) is 0 Å². The number of aromatic carboxylic acids is 2. The maximum absolute atomic E-state index is 13.4. The molecule has 0 spiro atoms. The molecule has 6 aromatic rings. The van der Waals surface area contributed by atoms with E-state index in [0.29, 0.717) is 12.1 Å². The molecule has 0 amide bonds. The fraction of sp³-hybridized carbons (Fsp3) is 0. The molecule has 0 saturated carbocycles. The van der Waals surface area contributed by atoms with Gasteiger partial charge in [-0.15, -0.1) is 0 Å². The zero-order chi connectivity index (χ0) is 33.8. The number of aromatic hydroxyl groups is 10. The number of phenolic OH excluding ortho intramolecular Hbond substituents is 10. The normalized spacial score (nSPS) is 11.6. The number of hydrogen-bond donors (Lipinski definition) is 12. The van der Waals surface area contributed by atoms with E-state index in [1.165, 1.54) is 0 Å². The van der Waals surface area contributed by atoms with E-state index in [1.807, 2.05) is 0 Å². The van der Waals surface area contributed by atoms with E-state index in [4.69, 9.17) is 8.83 Å². The fourth-order valence-corrected chi connectivity index (χ4v) is 5.39. The molecular formula is C28H14O18. The number of phenols is 10. The molecule has 0 radical (unpaired) electrons. The van der Waals surface area contributed by atoms with Crippen LogP contribution in [0.25, 0.3) is 55.0 Å². The quantitative estimate of drug-likeness (QED) is 0.0748. The van der Waals surface area contributed by atoms with Gasteiger partial charge in [0.1, 0.15) is 0 Å². The van der Waals surface area contributed by atoms with Gasteiger partial charge in [-0.05, 0) is 12.1 Å². The average Bonchev–Trinajstić information content (AvgIpc) is 2.99. The van der Waals surface area contributed by atoms with Crippen molar-refractivity contribution in [3.05, 3.63) is 44.1 Å². The highest BCUT2D eigenvalue weighted by molar-refractivity contribution is 6.29. The molecule has 0 aliphatic carbocycles. The summed E-state index contributed by atoms with van der Waals surface area (Å²) in [6.45, 7) is 0. The standard InChI is InChI=1S/C28H14O18/c29-5-1-3(25(39)40)7(17(33)15(5)31)9-13-11-12-14(28(44)46-23(11)21(37)19(9)35)10(20(36)22(38)24(12)45-27(13)43)8-4(26(41)42)2-6(30)16(32)18(8)34/h1-2,29-38H,(H,39,40)(H,41,42). The van der Waals surface area contributed by atoms with Gasteiger partial charge in [0, 0.05) is 33.0 Å². The first-order chi connectivity index (χ1) is 21.5. The number of benzene rings is 4. The summed E-state index contributed by atoms with van der Waals surface area (Å²) in [4.78, 5) is 51.1. The first kappa shape index (κ1) is 28.9. The summed E-state index contributed by atoms with van der Waals surface area (Å²) in [5.41, 5.74) is -11.7. The lowest BCUT2D eigenvalue weighted by Crippen LogP contribution is -2.11. The summed E-state index contributed by atoms with van der Waals surface area (Å²) < 4.78 is 10.2. The van der Waals surface area contributed by atoms with Crippen molar-refractivity contribution < 1.29 is 79.7 Å². The number of carboxylic acid groups (broad SMARTS) is 2. The number of hydrogen-bond acceptors (Lipinski definition) is 16. The molecule has 2 aromatic heterocycles. The highest BCUT2D eigenvalue weighted by Gasteiger charge is 2.36. The molecule has 46 heavy (non-hydrogen) atoms. The molecule has 0 fully saturated rings. The van der Waals surface area contributed by atoms with Crippen molar-refractivity contribution in [1.29, 1.82) is 0 Å². The van der Waals surface area contributed by atoms with Crippen molar-refractivity contribution in [3.63, 3.8) is 0 Å². The molecule has 0 bridgehead atoms. The predicted molar refractivity (Wildman–Crippen MR) is 149 cm³/mol. The Morgan fingerprint density at radius 3 is 1.04 bits per heavy atom. The summed E-state index contributed by atoms with van der Waals surface area (Å²) in [5.74, 6) is -17.3. The highest BCUT2D eigenvalue weighted by Crippen LogP contribution is 2.57. The average molecular weight is 638 g/mol. The van der Waals surface area contributed by atoms with Gasteiger partial charge in [0.15, 0.2) is 45.7 Å². The summed E-state index contributed by atoms with van der Waals surface area (Å²) >= 11 is 0. The number of carbonyl (C=O) groups is 2. The van der Waals surface area contributed by atoms with Gasteiger partial charge in [0.25, 0.3) is 0 Å². The van der Waals surface area contributed by atoms with Crippen LogP contribution < -0.4 is 11.3 Å². The Hall–Kier alpha value is -7.24. The Balaban J connectivity index is 1.97. The van der Waals surface area contributed by atoms with E-state index in [1.54, 1.807) is 0 Å². The van der Waals surface area contributed by atoms with Crippen molar-refractivity contribution in [2.45, 2.75) is 0 Å². The van der Waals surface area contributed by atoms with Crippen molar-refractivity contribution in [1.82, 2.24) is 0 Å². The molecule has 4 aromatic carbocycles. The van der Waals surface area contributed by atoms with Crippen molar-refractivity contribution in [2.24, 2.45) is 0 Å². The van der Waals surface area contributed by atoms with Gasteiger partial charge in [-0.2, -0.15) is 0 Å². The van der Waals surface area contributed by atoms with Gasteiger partial charge < -0.3 is 70.1 Å². The molecular weight excluding hydrogens is 624 g/mol. The van der Waals surface area contributed by atoms with Crippen LogP contribution >= 0.6 is 0 Å². The van der Waals surface area contributed by atoms with E-state index in [9.17, 15) is 80.5 Å². The molecule has 2 heterocycles. The van der Waals surface area contributed by atoms with E-state index in [-0.39, 0.29) is 0 Å². The summed E-state index contributed by atoms with van der Waals surface area (Å²) in [6.07, 6.45) is 0. The SMILES string of the molecule is O=C(O)c1cc(O)c(O)c(O)c1-c1c(O)c(O)c2oc(=O)c3c(-c4c(C(=O)O)cc(O)c(O)c4O)c(O)c(O)c4oc(=O)c1c2c43. The predicted octanol–water partition coefficient (Wildman–Crippen LogP) is 2.28. The molecule has 18 nitrogen and oxygen atoms in total. The van der Waals surface area contributed by atoms with Crippen molar-refractivity contribution >= 4 is 44.6 Å². The third-order valence-electron chi connectivity index (χ3n) is 7.32. The topological polar surface area (TPSA) is 337 Å². The van der Waals surface area contributed by atoms with Crippen LogP contribution in [0.4, 0.5) is 0 Å². The van der Waals surface area contributed by atoms with Gasteiger partial charge in [0.05, 0.1) is 21.9 Å². The van der Waals surface area contributed by atoms with Crippen LogP contribution in [0.3, 0.4) is 0 Å². The van der Waals surface area contributed by atoms with Crippen molar-refractivity contribution in [2.75, 3.05) is 0 Å². The Labute approximate surface area is 248 Å². The molecule has 0 aliphatic rings. The second-order valence-electron chi connectivity index (χ2n) is 9.72. The molecule has 6 rings (SSSR count). The Morgan fingerprint density at radius 2 is 0.739 bits per heavy atom. The summed E-state index contributed by atoms with van der Waals surface area (Å²) in [6, 6.07) is 0.830. The van der Waals surface area contributed by atoms with Gasteiger partial charge in [-0.1, -0.05) is 0 Å². The van der Waals surface area contributed by atoms with Crippen LogP contribution in [0.5, 0.6) is 57.5 Å². The lowest BCUT2D eigenvalue weighted by molar-refractivity contribution is 0.0686. The largest absolute Gasteiger partial charge is 0.504 e. The molecule has 0 aliphatic heterocycles. The van der Waals surface area contributed by atoms with Crippen LogP contribution in [0, 0.1) is 0 Å². The van der Waals surface area contributed by atoms with Crippen LogP contribution in [-0.4, -0.2) is 73.2 Å². The van der Waals surface area contributed by atoms with E-state index >= 15 is 0 Å². The van der Waals surface area contributed by atoms with E-state index < -0.39 is 147 Å². The molecule has 234 valence electrons. The molecule has 0 unspecified atom stereocenters. The zero-order valence-corrected chi connectivity index (χ0v) is 22.0. The number of carboxylic acids is 2. The summed E-state index contributed by atoms with van der Waals surface area (Å²) in [5, 5.41) is 121. The van der Waals surface area contributed by atoms with Crippen LogP contribution in [-0.2, 0) is 0 Å². The minimum Gasteiger partial charge on any atom is -0.504 e. The minimum absolute atomic E-state index is 0.415. The van der Waals surface area contributed by atoms with Crippen LogP contribution in [0.2, 0.25) is 0 Å². The lowest BCUT2D eigenvalue weighted by atomic mass is 9.88. The molecule has 18 heteroatoms. The third-order valence-corrected chi connectivity index (χ3v) is 7.32. The van der Waals surface area contributed by atoms with Gasteiger partial charge in [-0.25, -0.2) is 19.2 Å². The second-order valence-corrected chi connectivity index (χ2v) is 9.72. The lowest BCUT2D eigenvalue weighted by Gasteiger charge is -2.20. The third kappa shape index (κ3) is 3.45. The van der Waals surface area contributed by atoms with Crippen molar-refractivity contribution in [3.8, 4) is 79.7 Å². The first-order valence-corrected chi connectivity index (χ1v) is 12.2. The maximum Gasteiger partial charge on any atom is 0.345 e. The minimum atomic E-state index is -1.91. The maximum atomic E-state index is 13.4. The molecule has 12 N–H and O–H groups in total. The second kappa shape index (κ2) is 9.13. The molecule has 0 saturated heterocycles. The van der Waals surface area contributed by atoms with Gasteiger partial charge in [0.2, 0.25) is 23.0 Å². The smallest absolute Gasteiger partial charge is 0.345 e. The Kier molecular flexibility index (Phi) is 5.73.